The first kappa shape index (κ1) is 29.5. The molecule has 2 atom stereocenters. The number of hydrogen-bond donors (Lipinski definition) is 1. The summed E-state index contributed by atoms with van der Waals surface area (Å²) in [6.45, 7) is -0.903. The summed E-state index contributed by atoms with van der Waals surface area (Å²) < 4.78 is 69.5. The second kappa shape index (κ2) is 12.2. The molecule has 0 aliphatic heterocycles. The number of pyridine rings is 1. The van der Waals surface area contributed by atoms with Gasteiger partial charge in [0.05, 0.1) is 11.7 Å². The van der Waals surface area contributed by atoms with Crippen LogP contribution in [0.15, 0.2) is 72.8 Å². The lowest BCUT2D eigenvalue weighted by Crippen LogP contribution is -2.25. The summed E-state index contributed by atoms with van der Waals surface area (Å²) in [6, 6.07) is 19.3. The van der Waals surface area contributed by atoms with E-state index in [-0.39, 0.29) is 29.4 Å². The van der Waals surface area contributed by atoms with Crippen LogP contribution in [0, 0.1) is 11.7 Å². The number of hydrogen-bond acceptors (Lipinski definition) is 2. The molecule has 2 aliphatic carbocycles. The first-order chi connectivity index (χ1) is 20.7. The summed E-state index contributed by atoms with van der Waals surface area (Å²) in [7, 11) is 0. The average Bonchev–Trinajstić information content (AvgIpc) is 3.53. The SMILES string of the molecule is OC1CC(Cc2ccccc2)Cc2nc(C3CCCC3)c(Cc3cc(C(F)(F)F)ccc3CF)c(-c3ccc(F)cc3)c21. The number of halogens is 5. The van der Waals surface area contributed by atoms with Crippen LogP contribution in [-0.2, 0) is 32.1 Å². The van der Waals surface area contributed by atoms with E-state index >= 15 is 0 Å². The monoisotopic (exact) mass is 591 g/mol. The lowest BCUT2D eigenvalue weighted by Gasteiger charge is -2.33. The van der Waals surface area contributed by atoms with Crippen LogP contribution in [0.4, 0.5) is 22.0 Å². The van der Waals surface area contributed by atoms with E-state index in [1.165, 1.54) is 23.8 Å². The molecule has 1 heterocycles. The van der Waals surface area contributed by atoms with Gasteiger partial charge < -0.3 is 5.11 Å². The normalized spacial score (nSPS) is 19.0. The second-order valence-electron chi connectivity index (χ2n) is 12.0. The average molecular weight is 592 g/mol. The molecule has 0 amide bonds. The molecule has 1 saturated carbocycles. The van der Waals surface area contributed by atoms with Gasteiger partial charge in [-0.2, -0.15) is 13.2 Å². The van der Waals surface area contributed by atoms with E-state index in [0.29, 0.717) is 35.1 Å². The lowest BCUT2D eigenvalue weighted by molar-refractivity contribution is -0.137. The minimum absolute atomic E-state index is 0.0299. The molecular weight excluding hydrogens is 557 g/mol. The second-order valence-corrected chi connectivity index (χ2v) is 12.0. The number of fused-ring (bicyclic) bond motifs is 1. The molecule has 2 nitrogen and oxygen atoms in total. The van der Waals surface area contributed by atoms with E-state index in [0.717, 1.165) is 55.6 Å². The molecule has 1 aromatic heterocycles. The summed E-state index contributed by atoms with van der Waals surface area (Å²) in [5.74, 6) is -0.154. The minimum atomic E-state index is -4.57. The standard InChI is InChI=1S/C36H34F5NO/c37-21-26-10-13-28(36(39,40)41)19-27(26)20-30-33(24-11-14-29(38)15-12-24)34-31(42-35(30)25-8-4-5-9-25)17-23(18-32(34)43)16-22-6-2-1-3-7-22/h1-3,6-7,10-15,19,23,25,32,43H,4-5,8-9,16-18,20-21H2. The number of benzene rings is 3. The van der Waals surface area contributed by atoms with Crippen LogP contribution in [0.1, 0.15) is 88.9 Å². The van der Waals surface area contributed by atoms with E-state index in [9.17, 15) is 27.1 Å². The fraction of sp³-hybridized carbons (Fsp3) is 0.361. The zero-order valence-corrected chi connectivity index (χ0v) is 23.8. The van der Waals surface area contributed by atoms with Gasteiger partial charge in [0, 0.05) is 29.3 Å². The highest BCUT2D eigenvalue weighted by Gasteiger charge is 2.35. The highest BCUT2D eigenvalue weighted by atomic mass is 19.4. The molecule has 4 aromatic rings. The van der Waals surface area contributed by atoms with Crippen molar-refractivity contribution in [3.8, 4) is 11.1 Å². The molecule has 2 aliphatic rings. The first-order valence-electron chi connectivity index (χ1n) is 15.0. The van der Waals surface area contributed by atoms with Crippen molar-refractivity contribution in [2.24, 2.45) is 5.92 Å². The summed E-state index contributed by atoms with van der Waals surface area (Å²) in [5, 5.41) is 11.7. The molecular formula is C36H34F5NO. The summed E-state index contributed by atoms with van der Waals surface area (Å²) in [5.41, 5.74) is 5.10. The van der Waals surface area contributed by atoms with Gasteiger partial charge in [-0.05, 0) is 95.7 Å². The van der Waals surface area contributed by atoms with Gasteiger partial charge in [0.1, 0.15) is 12.5 Å². The maximum absolute atomic E-state index is 14.2. The summed E-state index contributed by atoms with van der Waals surface area (Å²) >= 11 is 0. The molecule has 3 aromatic carbocycles. The van der Waals surface area contributed by atoms with Gasteiger partial charge >= 0.3 is 6.18 Å². The molecule has 2 unspecified atom stereocenters. The topological polar surface area (TPSA) is 33.1 Å². The van der Waals surface area contributed by atoms with Crippen LogP contribution in [0.5, 0.6) is 0 Å². The van der Waals surface area contributed by atoms with E-state index in [4.69, 9.17) is 4.98 Å². The van der Waals surface area contributed by atoms with Crippen molar-refractivity contribution in [2.75, 3.05) is 0 Å². The Balaban J connectivity index is 1.54. The zero-order valence-electron chi connectivity index (χ0n) is 23.8. The Hall–Kier alpha value is -3.58. The Morgan fingerprint density at radius 3 is 2.28 bits per heavy atom. The molecule has 43 heavy (non-hydrogen) atoms. The molecule has 7 heteroatoms. The number of aliphatic hydroxyl groups is 1. The number of nitrogens with zero attached hydrogens (tertiary/aromatic N) is 1. The number of aromatic nitrogens is 1. The summed E-state index contributed by atoms with van der Waals surface area (Å²) in [4.78, 5) is 5.21. The quantitative estimate of drug-likeness (QED) is 0.217. The molecule has 0 spiro atoms. The van der Waals surface area contributed by atoms with Crippen LogP contribution in [0.2, 0.25) is 0 Å². The first-order valence-corrected chi connectivity index (χ1v) is 15.0. The van der Waals surface area contributed by atoms with E-state index in [1.807, 2.05) is 18.2 Å². The van der Waals surface area contributed by atoms with Gasteiger partial charge in [-0.1, -0.05) is 61.4 Å². The van der Waals surface area contributed by atoms with Crippen molar-refractivity contribution in [1.82, 2.24) is 4.98 Å². The molecule has 1 fully saturated rings. The summed E-state index contributed by atoms with van der Waals surface area (Å²) in [6.07, 6.45) is 0.373. The van der Waals surface area contributed by atoms with E-state index < -0.39 is 30.3 Å². The van der Waals surface area contributed by atoms with Gasteiger partial charge in [-0.15, -0.1) is 0 Å². The maximum atomic E-state index is 14.2. The predicted molar refractivity (Wildman–Crippen MR) is 157 cm³/mol. The third kappa shape index (κ3) is 6.23. The van der Waals surface area contributed by atoms with Crippen molar-refractivity contribution >= 4 is 0 Å². The molecule has 1 N–H and O–H groups in total. The van der Waals surface area contributed by atoms with Crippen LogP contribution in [-0.4, -0.2) is 10.1 Å². The minimum Gasteiger partial charge on any atom is -0.388 e. The van der Waals surface area contributed by atoms with Crippen molar-refractivity contribution in [1.29, 1.82) is 0 Å². The number of rotatable bonds is 7. The van der Waals surface area contributed by atoms with Crippen molar-refractivity contribution in [3.63, 3.8) is 0 Å². The highest BCUT2D eigenvalue weighted by molar-refractivity contribution is 5.74. The van der Waals surface area contributed by atoms with Crippen LogP contribution < -0.4 is 0 Å². The predicted octanol–water partition coefficient (Wildman–Crippen LogP) is 9.46. The third-order valence-electron chi connectivity index (χ3n) is 9.11. The van der Waals surface area contributed by atoms with Crippen molar-refractivity contribution < 1.29 is 27.1 Å². The van der Waals surface area contributed by atoms with Gasteiger partial charge in [0.15, 0.2) is 0 Å². The Morgan fingerprint density at radius 1 is 0.884 bits per heavy atom. The Labute approximate surface area is 248 Å². The van der Waals surface area contributed by atoms with Crippen LogP contribution in [0.25, 0.3) is 11.1 Å². The van der Waals surface area contributed by atoms with Gasteiger partial charge in [-0.3, -0.25) is 4.98 Å². The number of alkyl halides is 4. The lowest BCUT2D eigenvalue weighted by atomic mass is 9.76. The molecule has 0 bridgehead atoms. The van der Waals surface area contributed by atoms with Crippen molar-refractivity contribution in [3.05, 3.63) is 123 Å². The molecule has 0 saturated heterocycles. The fourth-order valence-corrected chi connectivity index (χ4v) is 7.07. The van der Waals surface area contributed by atoms with Crippen LogP contribution >= 0.6 is 0 Å². The fourth-order valence-electron chi connectivity index (χ4n) is 7.07. The highest BCUT2D eigenvalue weighted by Crippen LogP contribution is 2.47. The Bertz CT molecular complexity index is 1580. The van der Waals surface area contributed by atoms with Gasteiger partial charge in [0.25, 0.3) is 0 Å². The molecule has 224 valence electrons. The van der Waals surface area contributed by atoms with Crippen molar-refractivity contribution in [2.45, 2.75) is 76.2 Å². The largest absolute Gasteiger partial charge is 0.416 e. The van der Waals surface area contributed by atoms with Gasteiger partial charge in [-0.25, -0.2) is 8.78 Å². The number of aliphatic hydroxyl groups excluding tert-OH is 1. The Kier molecular flexibility index (Phi) is 8.36. The van der Waals surface area contributed by atoms with Crippen LogP contribution in [0.3, 0.4) is 0 Å². The zero-order chi connectivity index (χ0) is 30.1. The third-order valence-corrected chi connectivity index (χ3v) is 9.11. The molecule has 6 rings (SSSR count). The van der Waals surface area contributed by atoms with E-state index in [1.54, 1.807) is 12.1 Å². The Morgan fingerprint density at radius 2 is 1.60 bits per heavy atom. The van der Waals surface area contributed by atoms with E-state index in [2.05, 4.69) is 12.1 Å². The smallest absolute Gasteiger partial charge is 0.388 e. The molecule has 0 radical (unpaired) electrons. The maximum Gasteiger partial charge on any atom is 0.416 e. The van der Waals surface area contributed by atoms with Gasteiger partial charge in [0.2, 0.25) is 0 Å².